The molecule has 0 bridgehead atoms. The maximum Gasteiger partial charge on any atom is 0.340 e. The number of benzene rings is 1. The summed E-state index contributed by atoms with van der Waals surface area (Å²) < 4.78 is 28.1. The summed E-state index contributed by atoms with van der Waals surface area (Å²) in [7, 11) is -3.53. The van der Waals surface area contributed by atoms with Crippen LogP contribution in [-0.2, 0) is 24.2 Å². The first kappa shape index (κ1) is 21.9. The van der Waals surface area contributed by atoms with Gasteiger partial charge in [-0.15, -0.1) is 0 Å². The second-order valence-electron chi connectivity index (χ2n) is 5.35. The van der Waals surface area contributed by atoms with Gasteiger partial charge in [0.1, 0.15) is 0 Å². The number of nitrogens with zero attached hydrogens (tertiary/aromatic N) is 1. The molecule has 0 saturated carbocycles. The zero-order valence-corrected chi connectivity index (χ0v) is 16.3. The van der Waals surface area contributed by atoms with Crippen LogP contribution < -0.4 is 5.32 Å². The summed E-state index contributed by atoms with van der Waals surface area (Å²) in [5.74, 6) is -1.80. The van der Waals surface area contributed by atoms with Gasteiger partial charge in [0.15, 0.2) is 16.4 Å². The fourth-order valence-corrected chi connectivity index (χ4v) is 2.83. The quantitative estimate of drug-likeness (QED) is 0.644. The van der Waals surface area contributed by atoms with Crippen LogP contribution in [-0.4, -0.2) is 63.6 Å². The number of rotatable bonds is 8. The third-order valence-electron chi connectivity index (χ3n) is 3.36. The normalized spacial score (nSPS) is 10.9. The zero-order chi connectivity index (χ0) is 19.9. The van der Waals surface area contributed by atoms with E-state index in [1.165, 1.54) is 17.0 Å². The molecule has 0 saturated heterocycles. The van der Waals surface area contributed by atoms with E-state index in [0.717, 1.165) is 12.3 Å². The van der Waals surface area contributed by atoms with Crippen LogP contribution in [0.1, 0.15) is 24.2 Å². The molecule has 8 nitrogen and oxygen atoms in total. The average molecular weight is 405 g/mol. The maximum atomic E-state index is 12.1. The summed E-state index contributed by atoms with van der Waals surface area (Å²) in [6, 6.07) is 3.63. The molecule has 0 atom stereocenters. The van der Waals surface area contributed by atoms with Crippen LogP contribution in [0.15, 0.2) is 23.1 Å². The van der Waals surface area contributed by atoms with Gasteiger partial charge in [-0.25, -0.2) is 13.2 Å². The fraction of sp³-hybridized carbons (Fsp3) is 0.438. The number of carbonyl (C=O) groups is 3. The Morgan fingerprint density at radius 3 is 2.42 bits per heavy atom. The Labute approximate surface area is 157 Å². The number of sulfone groups is 1. The van der Waals surface area contributed by atoms with Crippen molar-refractivity contribution < 1.29 is 27.5 Å². The minimum atomic E-state index is -3.53. The van der Waals surface area contributed by atoms with Crippen LogP contribution in [0, 0.1) is 0 Å². The van der Waals surface area contributed by atoms with E-state index in [1.54, 1.807) is 13.8 Å². The molecule has 26 heavy (non-hydrogen) atoms. The number of carbonyl (C=O) groups excluding carboxylic acids is 3. The number of hydrogen-bond acceptors (Lipinski definition) is 6. The number of amides is 2. The Hall–Kier alpha value is -2.13. The highest BCUT2D eigenvalue weighted by Gasteiger charge is 2.20. The average Bonchev–Trinajstić information content (AvgIpc) is 2.56. The Balaban J connectivity index is 2.79. The smallest absolute Gasteiger partial charge is 0.340 e. The molecule has 10 heteroatoms. The van der Waals surface area contributed by atoms with Crippen LogP contribution in [0.4, 0.5) is 0 Å². The highest BCUT2D eigenvalue weighted by atomic mass is 35.5. The first-order chi connectivity index (χ1) is 12.1. The Morgan fingerprint density at radius 1 is 1.23 bits per heavy atom. The van der Waals surface area contributed by atoms with Crippen molar-refractivity contribution in [3.05, 3.63) is 28.8 Å². The van der Waals surface area contributed by atoms with Gasteiger partial charge in [-0.2, -0.15) is 0 Å². The van der Waals surface area contributed by atoms with Gasteiger partial charge in [-0.1, -0.05) is 11.6 Å². The predicted octanol–water partition coefficient (Wildman–Crippen LogP) is 0.885. The number of esters is 1. The molecule has 0 aromatic heterocycles. The number of hydrogen-bond donors (Lipinski definition) is 1. The van der Waals surface area contributed by atoms with Gasteiger partial charge in [0, 0.05) is 19.3 Å². The molecular formula is C16H21ClN2O6S. The van der Waals surface area contributed by atoms with Crippen molar-refractivity contribution >= 4 is 39.2 Å². The van der Waals surface area contributed by atoms with E-state index in [-0.39, 0.29) is 34.5 Å². The van der Waals surface area contributed by atoms with E-state index < -0.39 is 28.3 Å². The highest BCUT2D eigenvalue weighted by Crippen LogP contribution is 2.21. The number of likely N-dealkylation sites (N-methyl/N-ethyl adjacent to an activating group) is 2. The van der Waals surface area contributed by atoms with Gasteiger partial charge >= 0.3 is 5.97 Å². The van der Waals surface area contributed by atoms with Gasteiger partial charge < -0.3 is 15.0 Å². The Morgan fingerprint density at radius 2 is 1.88 bits per heavy atom. The molecule has 144 valence electrons. The van der Waals surface area contributed by atoms with Gasteiger partial charge in [0.2, 0.25) is 5.91 Å². The van der Waals surface area contributed by atoms with Crippen molar-refractivity contribution in [2.75, 3.05) is 32.5 Å². The summed E-state index contributed by atoms with van der Waals surface area (Å²) in [5.41, 5.74) is -0.158. The third-order valence-corrected chi connectivity index (χ3v) is 4.80. The van der Waals surface area contributed by atoms with E-state index in [4.69, 9.17) is 16.3 Å². The Bertz CT molecular complexity index is 794. The van der Waals surface area contributed by atoms with E-state index in [1.807, 2.05) is 0 Å². The van der Waals surface area contributed by atoms with E-state index >= 15 is 0 Å². The van der Waals surface area contributed by atoms with E-state index in [0.29, 0.717) is 6.54 Å². The first-order valence-corrected chi connectivity index (χ1v) is 10.1. The molecule has 0 fully saturated rings. The molecule has 2 amide bonds. The standard InChI is InChI=1S/C16H21ClN2O6S/c1-4-18-14(20)9-19(5-2)15(21)10-25-16(22)12-8-11(26(3,23)24)6-7-13(12)17/h6-8H,4-5,9-10H2,1-3H3,(H,18,20). The number of ether oxygens (including phenoxy) is 1. The molecule has 0 heterocycles. The lowest BCUT2D eigenvalue weighted by Crippen LogP contribution is -2.42. The topological polar surface area (TPSA) is 110 Å². The summed E-state index contributed by atoms with van der Waals surface area (Å²) in [6.07, 6.45) is 0.995. The van der Waals surface area contributed by atoms with Crippen LogP contribution in [0.25, 0.3) is 0 Å². The van der Waals surface area contributed by atoms with Crippen LogP contribution in [0.5, 0.6) is 0 Å². The molecule has 1 aromatic rings. The van der Waals surface area contributed by atoms with Crippen molar-refractivity contribution in [1.29, 1.82) is 0 Å². The van der Waals surface area contributed by atoms with Gasteiger partial charge in [0.05, 0.1) is 22.0 Å². The second kappa shape index (κ2) is 9.54. The Kier molecular flexibility index (Phi) is 8.04. The monoisotopic (exact) mass is 404 g/mol. The largest absolute Gasteiger partial charge is 0.452 e. The fourth-order valence-electron chi connectivity index (χ4n) is 1.99. The number of nitrogens with one attached hydrogen (secondary N) is 1. The molecule has 1 rings (SSSR count). The number of halogens is 1. The minimum absolute atomic E-state index is 0.00419. The maximum absolute atomic E-state index is 12.1. The molecule has 1 aromatic carbocycles. The summed E-state index contributed by atoms with van der Waals surface area (Å²) in [6.45, 7) is 3.40. The molecule has 1 N–H and O–H groups in total. The molecule has 0 unspecified atom stereocenters. The zero-order valence-electron chi connectivity index (χ0n) is 14.7. The van der Waals surface area contributed by atoms with Crippen molar-refractivity contribution in [1.82, 2.24) is 10.2 Å². The molecule has 0 aliphatic carbocycles. The van der Waals surface area contributed by atoms with E-state index in [2.05, 4.69) is 5.32 Å². The summed E-state index contributed by atoms with van der Waals surface area (Å²) in [5, 5.41) is 2.57. The minimum Gasteiger partial charge on any atom is -0.452 e. The molecule has 0 aliphatic rings. The molecule has 0 radical (unpaired) electrons. The third kappa shape index (κ3) is 6.30. The molecule has 0 aliphatic heterocycles. The molecule has 0 spiro atoms. The highest BCUT2D eigenvalue weighted by molar-refractivity contribution is 7.90. The van der Waals surface area contributed by atoms with Gasteiger partial charge in [-0.3, -0.25) is 9.59 Å². The lowest BCUT2D eigenvalue weighted by atomic mass is 10.2. The van der Waals surface area contributed by atoms with Crippen molar-refractivity contribution in [3.63, 3.8) is 0 Å². The SMILES string of the molecule is CCNC(=O)CN(CC)C(=O)COC(=O)c1cc(S(C)(=O)=O)ccc1Cl. The van der Waals surface area contributed by atoms with Crippen LogP contribution in [0.3, 0.4) is 0 Å². The van der Waals surface area contributed by atoms with E-state index in [9.17, 15) is 22.8 Å². The second-order valence-corrected chi connectivity index (χ2v) is 7.77. The lowest BCUT2D eigenvalue weighted by Gasteiger charge is -2.20. The van der Waals surface area contributed by atoms with Gasteiger partial charge in [-0.05, 0) is 32.0 Å². The summed E-state index contributed by atoms with van der Waals surface area (Å²) >= 11 is 5.91. The van der Waals surface area contributed by atoms with Crippen LogP contribution >= 0.6 is 11.6 Å². The van der Waals surface area contributed by atoms with Crippen LogP contribution in [0.2, 0.25) is 5.02 Å². The predicted molar refractivity (Wildman–Crippen MR) is 95.8 cm³/mol. The first-order valence-electron chi connectivity index (χ1n) is 7.81. The van der Waals surface area contributed by atoms with Crippen molar-refractivity contribution in [3.8, 4) is 0 Å². The molecular weight excluding hydrogens is 384 g/mol. The van der Waals surface area contributed by atoms with Gasteiger partial charge in [0.25, 0.3) is 5.91 Å². The summed E-state index contributed by atoms with van der Waals surface area (Å²) in [4.78, 5) is 36.9. The van der Waals surface area contributed by atoms with Crippen molar-refractivity contribution in [2.24, 2.45) is 0 Å². The van der Waals surface area contributed by atoms with Crippen molar-refractivity contribution in [2.45, 2.75) is 18.7 Å². The lowest BCUT2D eigenvalue weighted by molar-refractivity contribution is -0.138.